The molecule has 135 heavy (non-hydrogen) atoms. The zero-order valence-corrected chi connectivity index (χ0v) is 87.0. The van der Waals surface area contributed by atoms with E-state index in [1.165, 1.54) is 26.4 Å². The van der Waals surface area contributed by atoms with E-state index in [1.54, 1.807) is 122 Å². The molecule has 750 valence electrons. The van der Waals surface area contributed by atoms with Gasteiger partial charge in [-0.2, -0.15) is 0 Å². The molecule has 0 aliphatic rings. The number of rotatable bonds is 53. The molecule has 0 bridgehead atoms. The Labute approximate surface area is 806 Å². The van der Waals surface area contributed by atoms with Gasteiger partial charge in [0.2, 0.25) is 0 Å². The van der Waals surface area contributed by atoms with Gasteiger partial charge < -0.3 is 57.2 Å². The standard InChI is InChI=1S/C22H34O4.C19H28O4.3C18H26O4.C16H22O4/c1-6-9-11-16(8-3)19(23)15-20(24)18-13-17(12-10-7-2)22(26-5)21(14-18)25-4;1-7-8-9-13-10-14(11-16(22-5)18(13)23-6)15(20)12-17(21)19(2,3)4;2*1-6-7-10-22-15-9-8-13(11-16(15)21-5)14(19)12-17(20)18(2,3)4;1-6-7-10-22-16-11-13(8-9-15(16)21-5)14(19)12-17(20)18(2,3)4;1-4-5-8-20-12-6-7-13(15(18)9-12)16(19)10-14(17)11(2)3/h13-14,16H,6-12,15H2,1-5H3;10-11H,7-9,12H2,1-6H3;3*8-9,11H,6-7,10,12H2,1-5H3;6-7,9,11,18H,4-5,8,10H2,1-3H3. The van der Waals surface area contributed by atoms with E-state index >= 15 is 0 Å². The highest BCUT2D eigenvalue weighted by Gasteiger charge is 2.31. The summed E-state index contributed by atoms with van der Waals surface area (Å²) in [6.45, 7) is 44.4. The number of Topliss-reactive ketones (excluding diaryl/α,β-unsaturated/α-hetero) is 12. The molecule has 0 spiro atoms. The monoisotopic (exact) mass is 1880 g/mol. The summed E-state index contributed by atoms with van der Waals surface area (Å²) in [7, 11) is 11.0. The van der Waals surface area contributed by atoms with Gasteiger partial charge >= 0.3 is 0 Å². The first-order valence-corrected chi connectivity index (χ1v) is 47.8. The van der Waals surface area contributed by atoms with E-state index in [2.05, 4.69) is 48.5 Å². The molecule has 0 heterocycles. The molecule has 1 unspecified atom stereocenters. The number of benzene rings is 6. The predicted octanol–water partition coefficient (Wildman–Crippen LogP) is 25.2. The van der Waals surface area contributed by atoms with E-state index in [0.717, 1.165) is 127 Å². The fourth-order valence-electron chi connectivity index (χ4n) is 12.5. The van der Waals surface area contributed by atoms with Crippen molar-refractivity contribution in [3.63, 3.8) is 0 Å². The number of phenolic OH excluding ortho intramolecular Hbond substituents is 1. The zero-order valence-electron chi connectivity index (χ0n) is 87.0. The van der Waals surface area contributed by atoms with Crippen LogP contribution in [0.15, 0.2) is 97.1 Å². The highest BCUT2D eigenvalue weighted by molar-refractivity contribution is 6.13. The molecular formula is C111H162O24. The van der Waals surface area contributed by atoms with E-state index < -0.39 is 21.7 Å². The molecule has 6 rings (SSSR count). The van der Waals surface area contributed by atoms with Gasteiger partial charge in [-0.05, 0) is 166 Å². The topological polar surface area (TPSA) is 327 Å². The van der Waals surface area contributed by atoms with Gasteiger partial charge in [-0.25, -0.2) is 0 Å². The lowest BCUT2D eigenvalue weighted by atomic mass is 9.86. The Morgan fingerprint density at radius 1 is 0.296 bits per heavy atom. The lowest BCUT2D eigenvalue weighted by molar-refractivity contribution is -0.126. The van der Waals surface area contributed by atoms with Crippen molar-refractivity contribution in [3.8, 4) is 69.0 Å². The number of ether oxygens (including phenoxy) is 11. The number of methoxy groups -OCH3 is 7. The molecule has 1 atom stereocenters. The van der Waals surface area contributed by atoms with Crippen LogP contribution in [0.3, 0.4) is 0 Å². The molecule has 0 aliphatic carbocycles. The zero-order chi connectivity index (χ0) is 103. The largest absolute Gasteiger partial charge is 0.507 e. The summed E-state index contributed by atoms with van der Waals surface area (Å²) in [5.41, 5.74) is 2.48. The van der Waals surface area contributed by atoms with Crippen molar-refractivity contribution in [2.45, 2.75) is 306 Å². The van der Waals surface area contributed by atoms with Gasteiger partial charge in [-0.15, -0.1) is 0 Å². The fraction of sp³-hybridized carbons (Fsp3) is 0.568. The average molecular weight is 1880 g/mol. The van der Waals surface area contributed by atoms with Crippen LogP contribution in [0.4, 0.5) is 0 Å². The lowest BCUT2D eigenvalue weighted by Crippen LogP contribution is -2.23. The van der Waals surface area contributed by atoms with Crippen LogP contribution in [-0.4, -0.2) is 151 Å². The Balaban J connectivity index is 0.000000811. The van der Waals surface area contributed by atoms with Crippen LogP contribution < -0.4 is 52.1 Å². The maximum atomic E-state index is 12.7. The molecule has 0 radical (unpaired) electrons. The summed E-state index contributed by atoms with van der Waals surface area (Å²) >= 11 is 0. The summed E-state index contributed by atoms with van der Waals surface area (Å²) in [4.78, 5) is 146. The first kappa shape index (κ1) is 122. The first-order valence-electron chi connectivity index (χ1n) is 47.8. The van der Waals surface area contributed by atoms with E-state index in [9.17, 15) is 62.6 Å². The molecule has 0 aliphatic heterocycles. The molecular weight excluding hydrogens is 1720 g/mol. The number of hydrogen-bond donors (Lipinski definition) is 1. The van der Waals surface area contributed by atoms with Crippen LogP contribution in [-0.2, 0) is 41.6 Å². The second kappa shape index (κ2) is 63.3. The molecule has 6 aromatic rings. The minimum Gasteiger partial charge on any atom is -0.507 e. The molecule has 24 heteroatoms. The number of carbonyl (C=O) groups is 12. The van der Waals surface area contributed by atoms with Gasteiger partial charge in [0, 0.05) is 67.4 Å². The number of aryl methyl sites for hydroxylation is 2. The molecule has 0 amide bonds. The van der Waals surface area contributed by atoms with Gasteiger partial charge in [-0.3, -0.25) is 57.5 Å². The smallest absolute Gasteiger partial charge is 0.173 e. The lowest BCUT2D eigenvalue weighted by Gasteiger charge is -2.17. The van der Waals surface area contributed by atoms with Crippen molar-refractivity contribution >= 4 is 69.4 Å². The van der Waals surface area contributed by atoms with Gasteiger partial charge in [0.25, 0.3) is 0 Å². The van der Waals surface area contributed by atoms with Crippen molar-refractivity contribution in [2.24, 2.45) is 33.5 Å². The van der Waals surface area contributed by atoms with Crippen LogP contribution in [0, 0.1) is 33.5 Å². The number of ketones is 12. The average Bonchev–Trinajstić information content (AvgIpc) is 0.819. The van der Waals surface area contributed by atoms with Crippen LogP contribution >= 0.6 is 0 Å². The van der Waals surface area contributed by atoms with E-state index in [1.807, 2.05) is 102 Å². The Morgan fingerprint density at radius 2 is 0.600 bits per heavy atom. The second-order valence-electron chi connectivity index (χ2n) is 37.7. The molecule has 0 aromatic heterocycles. The van der Waals surface area contributed by atoms with E-state index in [4.69, 9.17) is 52.1 Å². The number of unbranched alkanes of at least 4 members (excludes halogenated alkanes) is 7. The van der Waals surface area contributed by atoms with Crippen LogP contribution in [0.2, 0.25) is 0 Å². The van der Waals surface area contributed by atoms with Gasteiger partial charge in [0.15, 0.2) is 92.2 Å². The Kier molecular flexibility index (Phi) is 57.2. The van der Waals surface area contributed by atoms with Gasteiger partial charge in [0.1, 0.15) is 46.2 Å². The van der Waals surface area contributed by atoms with Gasteiger partial charge in [-0.1, -0.05) is 204 Å². The third-order valence-corrected chi connectivity index (χ3v) is 21.9. The fourth-order valence-corrected chi connectivity index (χ4v) is 12.5. The third kappa shape index (κ3) is 44.5. The van der Waals surface area contributed by atoms with Crippen LogP contribution in [0.1, 0.15) is 367 Å². The Morgan fingerprint density at radius 3 is 0.911 bits per heavy atom. The highest BCUT2D eigenvalue weighted by atomic mass is 16.5. The third-order valence-electron chi connectivity index (χ3n) is 21.9. The molecule has 1 N–H and O–H groups in total. The summed E-state index contributed by atoms with van der Waals surface area (Å²) in [5, 5.41) is 9.86. The number of carbonyl (C=O) groups excluding carboxylic acids is 12. The van der Waals surface area contributed by atoms with Crippen molar-refractivity contribution in [2.75, 3.05) is 76.2 Å². The number of hydrogen-bond acceptors (Lipinski definition) is 24. The minimum atomic E-state index is -0.517. The molecule has 24 nitrogen and oxygen atoms in total. The SMILES string of the molecule is CCCCOc1cc(C(=O)CC(=O)C(C)(C)C)ccc1OC.CCCCOc1ccc(C(=O)CC(=O)C(C)(C)C)cc1OC.CCCCOc1ccc(C(=O)CC(=O)C(C)(C)C)cc1OC.CCCCOc1ccc(C(=O)CC(=O)C(C)C)c(O)c1.CCCCc1cc(C(=O)CC(=O)C(C)(C)C)cc(OC)c1OC.CCCCc1cc(C(=O)CC(=O)C(CC)CCCC)cc(OC)c1OC. The molecule has 0 saturated carbocycles. The maximum Gasteiger partial charge on any atom is 0.173 e. The number of aromatic hydroxyl groups is 1. The minimum absolute atomic E-state index is 0.0152. The van der Waals surface area contributed by atoms with Crippen molar-refractivity contribution < 1.29 is 115 Å². The summed E-state index contributed by atoms with van der Waals surface area (Å²) in [6, 6.07) is 26.7. The van der Waals surface area contributed by atoms with Gasteiger partial charge in [0.05, 0.1) is 120 Å². The Hall–Kier alpha value is -11.0. The second-order valence-corrected chi connectivity index (χ2v) is 37.7. The van der Waals surface area contributed by atoms with E-state index in [0.29, 0.717) is 117 Å². The molecule has 0 fully saturated rings. The predicted molar refractivity (Wildman–Crippen MR) is 535 cm³/mol. The summed E-state index contributed by atoms with van der Waals surface area (Å²) < 4.78 is 59.9. The van der Waals surface area contributed by atoms with Crippen molar-refractivity contribution in [1.82, 2.24) is 0 Å². The first-order chi connectivity index (χ1) is 63.6. The quantitative estimate of drug-likeness (QED) is 0.0211. The summed E-state index contributed by atoms with van der Waals surface area (Å²) in [5.74, 6) is 4.44. The molecule has 6 aromatic carbocycles. The number of phenols is 1. The molecule has 0 saturated heterocycles. The van der Waals surface area contributed by atoms with Crippen LogP contribution in [0.25, 0.3) is 0 Å². The highest BCUT2D eigenvalue weighted by Crippen LogP contribution is 2.39. The maximum absolute atomic E-state index is 12.7. The van der Waals surface area contributed by atoms with Crippen molar-refractivity contribution in [1.29, 1.82) is 0 Å². The Bertz CT molecular complexity index is 4650. The van der Waals surface area contributed by atoms with Crippen molar-refractivity contribution in [3.05, 3.63) is 142 Å². The van der Waals surface area contributed by atoms with E-state index in [-0.39, 0.29) is 131 Å². The van der Waals surface area contributed by atoms with Crippen LogP contribution in [0.5, 0.6) is 69.0 Å². The normalized spacial score (nSPS) is 11.2. The summed E-state index contributed by atoms with van der Waals surface area (Å²) in [6.07, 6.45) is 16.8.